The monoisotopic (exact) mass is 492 g/mol. The van der Waals surface area contributed by atoms with Crippen LogP contribution in [0.1, 0.15) is 34.6 Å². The van der Waals surface area contributed by atoms with Gasteiger partial charge < -0.3 is 18.8 Å². The molecule has 0 N–H and O–H groups in total. The van der Waals surface area contributed by atoms with Gasteiger partial charge in [-0.1, -0.05) is 72.8 Å². The molecule has 37 heavy (non-hydrogen) atoms. The molecule has 0 radical (unpaired) electrons. The first-order valence-corrected chi connectivity index (χ1v) is 12.5. The van der Waals surface area contributed by atoms with E-state index in [0.29, 0.717) is 25.3 Å². The van der Waals surface area contributed by atoms with Gasteiger partial charge in [0.15, 0.2) is 0 Å². The van der Waals surface area contributed by atoms with Gasteiger partial charge in [0.05, 0.1) is 36.8 Å². The molecule has 0 aliphatic carbocycles. The molecule has 3 aromatic carbocycles. The Morgan fingerprint density at radius 3 is 2.54 bits per heavy atom. The van der Waals surface area contributed by atoms with Gasteiger partial charge >= 0.3 is 0 Å². The summed E-state index contributed by atoms with van der Waals surface area (Å²) in [5.74, 6) is -0.0232. The smallest absolute Gasteiger partial charge is 0.255 e. The zero-order valence-corrected chi connectivity index (χ0v) is 21.5. The van der Waals surface area contributed by atoms with Crippen LogP contribution >= 0.6 is 0 Å². The highest BCUT2D eigenvalue weighted by Gasteiger charge is 2.21. The Morgan fingerprint density at radius 2 is 1.73 bits per heavy atom. The maximum Gasteiger partial charge on any atom is 0.255 e. The molecule has 0 unspecified atom stereocenters. The summed E-state index contributed by atoms with van der Waals surface area (Å²) >= 11 is 0. The van der Waals surface area contributed by atoms with E-state index in [1.54, 1.807) is 12.0 Å². The Labute approximate surface area is 217 Å². The normalized spacial score (nSPS) is 12.1. The molecule has 0 saturated carbocycles. The zero-order chi connectivity index (χ0) is 25.8. The number of aromatic nitrogens is 3. The summed E-state index contributed by atoms with van der Waals surface area (Å²) < 4.78 is 9.50. The molecule has 0 aliphatic rings. The Balaban J connectivity index is 1.55. The average molecular weight is 493 g/mol. The van der Waals surface area contributed by atoms with Crippen molar-refractivity contribution in [2.24, 2.45) is 0 Å². The number of likely N-dealkylation sites (N-methyl/N-ethyl adjacent to an activating group) is 1. The molecule has 2 heterocycles. The fourth-order valence-electron chi connectivity index (χ4n) is 4.86. The molecule has 0 saturated heterocycles. The number of hydrogen-bond acceptors (Lipinski definition) is 3. The molecule has 1 amide bonds. The molecule has 6 nitrogen and oxygen atoms in total. The van der Waals surface area contributed by atoms with E-state index in [9.17, 15) is 4.79 Å². The van der Waals surface area contributed by atoms with Crippen molar-refractivity contribution in [2.75, 3.05) is 27.3 Å². The van der Waals surface area contributed by atoms with Gasteiger partial charge in [-0.05, 0) is 28.8 Å². The number of rotatable bonds is 9. The SMILES string of the molecule is COCCN(C)C(=O)c1cn(Cc2cncn2[C@H](C)c2ccccc2)cc1-c1cccc2ccccc12. The van der Waals surface area contributed by atoms with E-state index >= 15 is 0 Å². The Morgan fingerprint density at radius 1 is 0.973 bits per heavy atom. The molecule has 0 bridgehead atoms. The molecule has 188 valence electrons. The highest BCUT2D eigenvalue weighted by atomic mass is 16.5. The van der Waals surface area contributed by atoms with E-state index in [0.717, 1.165) is 27.6 Å². The predicted molar refractivity (Wildman–Crippen MR) is 148 cm³/mol. The first-order valence-electron chi connectivity index (χ1n) is 12.5. The molecule has 5 aromatic rings. The number of methoxy groups -OCH3 is 1. The quantitative estimate of drug-likeness (QED) is 0.258. The summed E-state index contributed by atoms with van der Waals surface area (Å²) in [6.07, 6.45) is 7.84. The number of imidazole rings is 1. The van der Waals surface area contributed by atoms with Gasteiger partial charge in [-0.2, -0.15) is 0 Å². The number of hydrogen-bond donors (Lipinski definition) is 0. The largest absolute Gasteiger partial charge is 0.383 e. The van der Waals surface area contributed by atoms with Crippen LogP contribution in [0.25, 0.3) is 21.9 Å². The molecule has 6 heteroatoms. The van der Waals surface area contributed by atoms with Crippen molar-refractivity contribution in [1.29, 1.82) is 0 Å². The van der Waals surface area contributed by atoms with Crippen LogP contribution in [0, 0.1) is 0 Å². The lowest BCUT2D eigenvalue weighted by Crippen LogP contribution is -2.30. The lowest BCUT2D eigenvalue weighted by atomic mass is 9.97. The van der Waals surface area contributed by atoms with E-state index < -0.39 is 0 Å². The fourth-order valence-corrected chi connectivity index (χ4v) is 4.86. The molecular weight excluding hydrogens is 460 g/mol. The standard InChI is InChI=1S/C31H32N4O2/c1-23(24-10-5-4-6-11-24)35-22-32-18-26(35)19-34-20-29(30(21-34)31(36)33(2)16-17-37-3)28-15-9-13-25-12-7-8-14-27(25)28/h4-15,18,20-23H,16-17,19H2,1-3H3/t23-/m1/s1. The van der Waals surface area contributed by atoms with Gasteiger partial charge in [0.25, 0.3) is 5.91 Å². The van der Waals surface area contributed by atoms with Gasteiger partial charge in [-0.15, -0.1) is 0 Å². The number of fused-ring (bicyclic) bond motifs is 1. The first kappa shape index (κ1) is 24.5. The van der Waals surface area contributed by atoms with E-state index in [4.69, 9.17) is 4.74 Å². The number of carbonyl (C=O) groups is 1. The van der Waals surface area contributed by atoms with Crippen molar-refractivity contribution < 1.29 is 9.53 Å². The minimum absolute atomic E-state index is 0.0232. The number of amides is 1. The number of carbonyl (C=O) groups excluding carboxylic acids is 1. The van der Waals surface area contributed by atoms with Crippen molar-refractivity contribution in [3.8, 4) is 11.1 Å². The van der Waals surface area contributed by atoms with Crippen LogP contribution in [-0.2, 0) is 11.3 Å². The molecule has 5 rings (SSSR count). The van der Waals surface area contributed by atoms with Gasteiger partial charge in [0.1, 0.15) is 0 Å². The minimum Gasteiger partial charge on any atom is -0.383 e. The summed E-state index contributed by atoms with van der Waals surface area (Å²) in [7, 11) is 3.47. The van der Waals surface area contributed by atoms with Crippen molar-refractivity contribution in [2.45, 2.75) is 19.5 Å². The van der Waals surface area contributed by atoms with Gasteiger partial charge in [-0.25, -0.2) is 4.98 Å². The van der Waals surface area contributed by atoms with Crippen molar-refractivity contribution >= 4 is 16.7 Å². The predicted octanol–water partition coefficient (Wildman–Crippen LogP) is 5.88. The third kappa shape index (κ3) is 5.06. The molecule has 2 aromatic heterocycles. The second-order valence-electron chi connectivity index (χ2n) is 9.38. The van der Waals surface area contributed by atoms with Crippen molar-refractivity contribution in [3.63, 3.8) is 0 Å². The lowest BCUT2D eigenvalue weighted by Gasteiger charge is -2.17. The Bertz CT molecular complexity index is 1500. The van der Waals surface area contributed by atoms with E-state index in [-0.39, 0.29) is 11.9 Å². The summed E-state index contributed by atoms with van der Waals surface area (Å²) in [4.78, 5) is 19.8. The molecule has 1 atom stereocenters. The summed E-state index contributed by atoms with van der Waals surface area (Å²) in [6.45, 7) is 3.79. The zero-order valence-electron chi connectivity index (χ0n) is 21.5. The topological polar surface area (TPSA) is 52.3 Å². The van der Waals surface area contributed by atoms with E-state index in [2.05, 4.69) is 81.8 Å². The minimum atomic E-state index is -0.0232. The van der Waals surface area contributed by atoms with Crippen LogP contribution in [0.5, 0.6) is 0 Å². The van der Waals surface area contributed by atoms with Crippen LogP contribution in [-0.4, -0.2) is 52.2 Å². The highest BCUT2D eigenvalue weighted by Crippen LogP contribution is 2.33. The molecular formula is C31H32N4O2. The third-order valence-corrected chi connectivity index (χ3v) is 6.96. The molecule has 0 fully saturated rings. The van der Waals surface area contributed by atoms with Gasteiger partial charge in [0.2, 0.25) is 0 Å². The van der Waals surface area contributed by atoms with Crippen LogP contribution in [0.3, 0.4) is 0 Å². The first-order chi connectivity index (χ1) is 18.1. The van der Waals surface area contributed by atoms with Gasteiger partial charge in [-0.3, -0.25) is 4.79 Å². The number of nitrogens with zero attached hydrogens (tertiary/aromatic N) is 4. The van der Waals surface area contributed by atoms with Crippen molar-refractivity contribution in [3.05, 3.63) is 115 Å². The average Bonchev–Trinajstić information content (AvgIpc) is 3.58. The second-order valence-corrected chi connectivity index (χ2v) is 9.38. The Hall–Kier alpha value is -4.16. The second kappa shape index (κ2) is 10.8. The third-order valence-electron chi connectivity index (χ3n) is 6.96. The fraction of sp³-hybridized carbons (Fsp3) is 0.226. The maximum absolute atomic E-state index is 13.6. The van der Waals surface area contributed by atoms with Crippen LogP contribution in [0.4, 0.5) is 0 Å². The molecule has 0 spiro atoms. The van der Waals surface area contributed by atoms with Crippen LogP contribution < -0.4 is 0 Å². The highest BCUT2D eigenvalue weighted by molar-refractivity contribution is 6.05. The number of ether oxygens (including phenoxy) is 1. The van der Waals surface area contributed by atoms with Gasteiger partial charge in [0, 0.05) is 44.9 Å². The lowest BCUT2D eigenvalue weighted by molar-refractivity contribution is 0.0745. The molecule has 0 aliphatic heterocycles. The van der Waals surface area contributed by atoms with Crippen LogP contribution in [0.2, 0.25) is 0 Å². The van der Waals surface area contributed by atoms with E-state index in [1.165, 1.54) is 5.56 Å². The maximum atomic E-state index is 13.6. The van der Waals surface area contributed by atoms with E-state index in [1.807, 2.05) is 44.0 Å². The van der Waals surface area contributed by atoms with Crippen molar-refractivity contribution in [1.82, 2.24) is 19.0 Å². The summed E-state index contributed by atoms with van der Waals surface area (Å²) in [6, 6.07) is 25.1. The van der Waals surface area contributed by atoms with Crippen LogP contribution in [0.15, 0.2) is 97.7 Å². The number of benzene rings is 3. The Kier molecular flexibility index (Phi) is 7.19. The summed E-state index contributed by atoms with van der Waals surface area (Å²) in [5, 5.41) is 2.27. The summed E-state index contributed by atoms with van der Waals surface area (Å²) in [5.41, 5.74) is 4.95.